The van der Waals surface area contributed by atoms with Gasteiger partial charge in [-0.05, 0) is 49.8 Å². The third-order valence-electron chi connectivity index (χ3n) is 4.27. The van der Waals surface area contributed by atoms with Gasteiger partial charge in [0, 0.05) is 12.1 Å². The summed E-state index contributed by atoms with van der Waals surface area (Å²) < 4.78 is 0. The van der Waals surface area contributed by atoms with Gasteiger partial charge in [-0.15, -0.1) is 0 Å². The van der Waals surface area contributed by atoms with E-state index in [-0.39, 0.29) is 11.5 Å². The van der Waals surface area contributed by atoms with E-state index in [9.17, 15) is 9.59 Å². The summed E-state index contributed by atoms with van der Waals surface area (Å²) in [6.07, 6.45) is 6.49. The molecule has 0 aliphatic heterocycles. The van der Waals surface area contributed by atoms with Crippen LogP contribution in [-0.2, 0) is 4.79 Å². The van der Waals surface area contributed by atoms with Crippen molar-refractivity contribution in [3.05, 3.63) is 28.8 Å². The zero-order valence-electron chi connectivity index (χ0n) is 12.7. The van der Waals surface area contributed by atoms with Gasteiger partial charge in [0.15, 0.2) is 0 Å². The van der Waals surface area contributed by atoms with Crippen LogP contribution in [0.1, 0.15) is 60.0 Å². The fourth-order valence-electron chi connectivity index (χ4n) is 3.07. The lowest BCUT2D eigenvalue weighted by Crippen LogP contribution is -2.19. The smallest absolute Gasteiger partial charge is 0.336 e. The Kier molecular flexibility index (Phi) is 4.99. The van der Waals surface area contributed by atoms with Crippen LogP contribution in [0.3, 0.4) is 0 Å². The maximum atomic E-state index is 12.1. The Bertz CT molecular complexity index is 545. The van der Waals surface area contributed by atoms with E-state index >= 15 is 0 Å². The van der Waals surface area contributed by atoms with Gasteiger partial charge in [0.2, 0.25) is 5.91 Å². The number of hydrogen-bond donors (Lipinski definition) is 2. The van der Waals surface area contributed by atoms with Crippen LogP contribution in [0.5, 0.6) is 0 Å². The summed E-state index contributed by atoms with van der Waals surface area (Å²) in [4.78, 5) is 23.3. The molecule has 1 fully saturated rings. The van der Waals surface area contributed by atoms with Crippen molar-refractivity contribution in [3.8, 4) is 0 Å². The molecule has 1 aromatic rings. The van der Waals surface area contributed by atoms with E-state index in [4.69, 9.17) is 5.11 Å². The molecule has 0 heterocycles. The van der Waals surface area contributed by atoms with Crippen molar-refractivity contribution in [2.45, 2.75) is 52.4 Å². The number of rotatable bonds is 4. The minimum Gasteiger partial charge on any atom is -0.478 e. The molecule has 1 aliphatic rings. The molecule has 114 valence electrons. The molecular weight excluding hydrogens is 266 g/mol. The van der Waals surface area contributed by atoms with Gasteiger partial charge < -0.3 is 10.4 Å². The van der Waals surface area contributed by atoms with Crippen molar-refractivity contribution in [2.75, 3.05) is 5.32 Å². The average molecular weight is 289 g/mol. The van der Waals surface area contributed by atoms with Crippen LogP contribution in [0.25, 0.3) is 0 Å². The maximum absolute atomic E-state index is 12.1. The zero-order chi connectivity index (χ0) is 15.4. The van der Waals surface area contributed by atoms with Gasteiger partial charge in [0.25, 0.3) is 0 Å². The number of hydrogen-bond acceptors (Lipinski definition) is 2. The molecule has 0 radical (unpaired) electrons. The van der Waals surface area contributed by atoms with Gasteiger partial charge in [-0.25, -0.2) is 4.79 Å². The van der Waals surface area contributed by atoms with Crippen molar-refractivity contribution >= 4 is 17.6 Å². The van der Waals surface area contributed by atoms with Crippen molar-refractivity contribution in [1.82, 2.24) is 0 Å². The standard InChI is InChI=1S/C17H23NO3/c1-11-8-12(2)15(10-14(11)17(20)21)18-16(19)9-13-6-4-3-5-7-13/h8,10,13H,3-7,9H2,1-2H3,(H,18,19)(H,20,21). The summed E-state index contributed by atoms with van der Waals surface area (Å²) in [5, 5.41) is 12.0. The number of carboxylic acid groups (broad SMARTS) is 1. The first kappa shape index (κ1) is 15.5. The number of benzene rings is 1. The molecule has 0 saturated heterocycles. The monoisotopic (exact) mass is 289 g/mol. The summed E-state index contributed by atoms with van der Waals surface area (Å²) in [5.74, 6) is -0.496. The number of carbonyl (C=O) groups is 2. The molecule has 0 atom stereocenters. The number of amides is 1. The molecule has 1 amide bonds. The Morgan fingerprint density at radius 2 is 1.81 bits per heavy atom. The van der Waals surface area contributed by atoms with Gasteiger partial charge in [-0.1, -0.05) is 25.3 Å². The van der Waals surface area contributed by atoms with Crippen LogP contribution in [-0.4, -0.2) is 17.0 Å². The third kappa shape index (κ3) is 4.06. The minimum atomic E-state index is -0.963. The SMILES string of the molecule is Cc1cc(C)c(C(=O)O)cc1NC(=O)CC1CCCCC1. The highest BCUT2D eigenvalue weighted by Gasteiger charge is 2.18. The molecular formula is C17H23NO3. The summed E-state index contributed by atoms with van der Waals surface area (Å²) >= 11 is 0. The Morgan fingerprint density at radius 3 is 2.43 bits per heavy atom. The quantitative estimate of drug-likeness (QED) is 0.883. The summed E-state index contributed by atoms with van der Waals surface area (Å²) in [7, 11) is 0. The number of carbonyl (C=O) groups excluding carboxylic acids is 1. The van der Waals surface area contributed by atoms with Gasteiger partial charge >= 0.3 is 5.97 Å². The molecule has 1 aliphatic carbocycles. The molecule has 1 saturated carbocycles. The summed E-state index contributed by atoms with van der Waals surface area (Å²) in [6, 6.07) is 3.37. The van der Waals surface area contributed by atoms with E-state index in [0.29, 0.717) is 23.6 Å². The summed E-state index contributed by atoms with van der Waals surface area (Å²) in [6.45, 7) is 3.65. The van der Waals surface area contributed by atoms with E-state index in [1.54, 1.807) is 19.1 Å². The van der Waals surface area contributed by atoms with Gasteiger partial charge in [-0.2, -0.15) is 0 Å². The predicted octanol–water partition coefficient (Wildman–Crippen LogP) is 3.91. The molecule has 0 bridgehead atoms. The first-order valence-electron chi connectivity index (χ1n) is 7.61. The average Bonchev–Trinajstić information content (AvgIpc) is 2.42. The lowest BCUT2D eigenvalue weighted by atomic mass is 9.87. The number of aryl methyl sites for hydroxylation is 2. The lowest BCUT2D eigenvalue weighted by Gasteiger charge is -2.21. The molecule has 0 aromatic heterocycles. The Labute approximate surface area is 125 Å². The largest absolute Gasteiger partial charge is 0.478 e. The molecule has 21 heavy (non-hydrogen) atoms. The fourth-order valence-corrected chi connectivity index (χ4v) is 3.07. The predicted molar refractivity (Wildman–Crippen MR) is 82.7 cm³/mol. The van der Waals surface area contributed by atoms with Gasteiger partial charge in [0.05, 0.1) is 5.56 Å². The number of anilines is 1. The summed E-state index contributed by atoms with van der Waals surface area (Å²) in [5.41, 5.74) is 2.46. The van der Waals surface area contributed by atoms with E-state index < -0.39 is 5.97 Å². The van der Waals surface area contributed by atoms with Crippen LogP contribution < -0.4 is 5.32 Å². The molecule has 1 aromatic carbocycles. The second-order valence-corrected chi connectivity index (χ2v) is 6.04. The van der Waals surface area contributed by atoms with E-state index in [0.717, 1.165) is 18.4 Å². The zero-order valence-corrected chi connectivity index (χ0v) is 12.7. The minimum absolute atomic E-state index is 0.00908. The first-order valence-corrected chi connectivity index (χ1v) is 7.61. The second kappa shape index (κ2) is 6.74. The van der Waals surface area contributed by atoms with Crippen LogP contribution in [0.15, 0.2) is 12.1 Å². The third-order valence-corrected chi connectivity index (χ3v) is 4.27. The van der Waals surface area contributed by atoms with Crippen LogP contribution in [0, 0.1) is 19.8 Å². The maximum Gasteiger partial charge on any atom is 0.336 e. The fraction of sp³-hybridized carbons (Fsp3) is 0.529. The van der Waals surface area contributed by atoms with Crippen LogP contribution in [0.4, 0.5) is 5.69 Å². The highest BCUT2D eigenvalue weighted by atomic mass is 16.4. The van der Waals surface area contributed by atoms with Crippen molar-refractivity contribution in [1.29, 1.82) is 0 Å². The van der Waals surface area contributed by atoms with Crippen molar-refractivity contribution in [2.24, 2.45) is 5.92 Å². The highest BCUT2D eigenvalue weighted by molar-refractivity contribution is 5.95. The van der Waals surface area contributed by atoms with Crippen molar-refractivity contribution < 1.29 is 14.7 Å². The van der Waals surface area contributed by atoms with Gasteiger partial charge in [0.1, 0.15) is 0 Å². The lowest BCUT2D eigenvalue weighted by molar-refractivity contribution is -0.117. The number of aromatic carboxylic acids is 1. The molecule has 2 N–H and O–H groups in total. The molecule has 4 heteroatoms. The Balaban J connectivity index is 2.06. The van der Waals surface area contributed by atoms with Gasteiger partial charge in [-0.3, -0.25) is 4.79 Å². The molecule has 2 rings (SSSR count). The first-order chi connectivity index (χ1) is 9.97. The second-order valence-electron chi connectivity index (χ2n) is 6.04. The highest BCUT2D eigenvalue weighted by Crippen LogP contribution is 2.27. The van der Waals surface area contributed by atoms with E-state index in [2.05, 4.69) is 5.32 Å². The molecule has 4 nitrogen and oxygen atoms in total. The van der Waals surface area contributed by atoms with Crippen LogP contribution in [0.2, 0.25) is 0 Å². The van der Waals surface area contributed by atoms with Crippen LogP contribution >= 0.6 is 0 Å². The molecule has 0 spiro atoms. The molecule has 0 unspecified atom stereocenters. The topological polar surface area (TPSA) is 66.4 Å². The number of carboxylic acids is 1. The van der Waals surface area contributed by atoms with Crippen molar-refractivity contribution in [3.63, 3.8) is 0 Å². The number of nitrogens with one attached hydrogen (secondary N) is 1. The Hall–Kier alpha value is -1.84. The Morgan fingerprint density at radius 1 is 1.14 bits per heavy atom. The normalized spacial score (nSPS) is 15.7. The van der Waals surface area contributed by atoms with E-state index in [1.165, 1.54) is 19.3 Å². The van der Waals surface area contributed by atoms with E-state index in [1.807, 2.05) is 6.92 Å².